The maximum Gasteiger partial charge on any atom is 0.349 e. The SMILES string of the molecule is CCc1ccccc1OCC(=O)Oc1cccc(Nc2nc(C)cc(C)n2)c1. The number of aromatic nitrogens is 2. The minimum atomic E-state index is -0.467. The van der Waals surface area contributed by atoms with E-state index in [1.165, 1.54) is 0 Å². The van der Waals surface area contributed by atoms with Crippen molar-refractivity contribution in [1.29, 1.82) is 0 Å². The highest BCUT2D eigenvalue weighted by atomic mass is 16.6. The molecule has 0 aliphatic heterocycles. The number of esters is 1. The van der Waals surface area contributed by atoms with Gasteiger partial charge in [-0.15, -0.1) is 0 Å². The lowest BCUT2D eigenvalue weighted by atomic mass is 10.1. The summed E-state index contributed by atoms with van der Waals surface area (Å²) >= 11 is 0. The van der Waals surface area contributed by atoms with Crippen LogP contribution >= 0.6 is 0 Å². The largest absolute Gasteiger partial charge is 0.482 e. The molecule has 3 aromatic rings. The van der Waals surface area contributed by atoms with Crippen molar-refractivity contribution < 1.29 is 14.3 Å². The third kappa shape index (κ3) is 5.30. The van der Waals surface area contributed by atoms with Crippen molar-refractivity contribution in [3.8, 4) is 11.5 Å². The van der Waals surface area contributed by atoms with Crippen LogP contribution < -0.4 is 14.8 Å². The normalized spacial score (nSPS) is 10.4. The zero-order valence-corrected chi connectivity index (χ0v) is 16.2. The van der Waals surface area contributed by atoms with Gasteiger partial charge in [0, 0.05) is 23.1 Å². The number of hydrogen-bond acceptors (Lipinski definition) is 6. The average Bonchev–Trinajstić information content (AvgIpc) is 2.66. The first-order valence-electron chi connectivity index (χ1n) is 9.14. The second-order valence-electron chi connectivity index (χ2n) is 6.35. The number of ether oxygens (including phenoxy) is 2. The molecule has 0 atom stereocenters. The van der Waals surface area contributed by atoms with E-state index < -0.39 is 5.97 Å². The molecule has 0 fully saturated rings. The van der Waals surface area contributed by atoms with Crippen LogP contribution in [0.15, 0.2) is 54.6 Å². The van der Waals surface area contributed by atoms with Gasteiger partial charge < -0.3 is 14.8 Å². The van der Waals surface area contributed by atoms with E-state index in [0.29, 0.717) is 17.4 Å². The van der Waals surface area contributed by atoms with Crippen molar-refractivity contribution in [3.63, 3.8) is 0 Å². The predicted octanol–water partition coefficient (Wildman–Crippen LogP) is 4.38. The fraction of sp³-hybridized carbons (Fsp3) is 0.227. The van der Waals surface area contributed by atoms with Gasteiger partial charge in [-0.05, 0) is 50.1 Å². The highest BCUT2D eigenvalue weighted by Gasteiger charge is 2.09. The van der Waals surface area contributed by atoms with Crippen LogP contribution in [0.4, 0.5) is 11.6 Å². The summed E-state index contributed by atoms with van der Waals surface area (Å²) in [5.74, 6) is 1.15. The lowest BCUT2D eigenvalue weighted by Crippen LogP contribution is -2.18. The number of rotatable bonds is 7. The van der Waals surface area contributed by atoms with Crippen LogP contribution in [0.3, 0.4) is 0 Å². The Labute approximate surface area is 164 Å². The van der Waals surface area contributed by atoms with E-state index in [1.54, 1.807) is 18.2 Å². The first-order chi connectivity index (χ1) is 13.5. The van der Waals surface area contributed by atoms with Crippen molar-refractivity contribution in [2.75, 3.05) is 11.9 Å². The zero-order chi connectivity index (χ0) is 19.9. The number of para-hydroxylation sites is 1. The zero-order valence-electron chi connectivity index (χ0n) is 16.2. The van der Waals surface area contributed by atoms with Gasteiger partial charge in [-0.1, -0.05) is 31.2 Å². The molecule has 0 saturated heterocycles. The van der Waals surface area contributed by atoms with E-state index in [4.69, 9.17) is 9.47 Å². The number of nitrogens with one attached hydrogen (secondary N) is 1. The number of carbonyl (C=O) groups excluding carboxylic acids is 1. The predicted molar refractivity (Wildman–Crippen MR) is 108 cm³/mol. The van der Waals surface area contributed by atoms with Gasteiger partial charge in [0.1, 0.15) is 11.5 Å². The third-order valence-corrected chi connectivity index (χ3v) is 4.00. The van der Waals surface area contributed by atoms with E-state index >= 15 is 0 Å². The lowest BCUT2D eigenvalue weighted by Gasteiger charge is -2.11. The fourth-order valence-corrected chi connectivity index (χ4v) is 2.78. The molecule has 2 aromatic carbocycles. The number of hydrogen-bond donors (Lipinski definition) is 1. The molecule has 0 amide bonds. The molecule has 1 N–H and O–H groups in total. The van der Waals surface area contributed by atoms with Crippen molar-refractivity contribution in [1.82, 2.24) is 9.97 Å². The maximum absolute atomic E-state index is 12.2. The molecular weight excluding hydrogens is 354 g/mol. The lowest BCUT2D eigenvalue weighted by molar-refractivity contribution is -0.136. The summed E-state index contributed by atoms with van der Waals surface area (Å²) in [5, 5.41) is 3.13. The van der Waals surface area contributed by atoms with Crippen LogP contribution in [0, 0.1) is 13.8 Å². The Morgan fingerprint density at radius 2 is 1.75 bits per heavy atom. The van der Waals surface area contributed by atoms with Gasteiger partial charge in [-0.25, -0.2) is 14.8 Å². The Balaban J connectivity index is 1.61. The van der Waals surface area contributed by atoms with Gasteiger partial charge in [0.2, 0.25) is 5.95 Å². The smallest absolute Gasteiger partial charge is 0.349 e. The number of aryl methyl sites for hydroxylation is 3. The van der Waals surface area contributed by atoms with Gasteiger partial charge in [-0.3, -0.25) is 0 Å². The van der Waals surface area contributed by atoms with E-state index in [2.05, 4.69) is 15.3 Å². The Morgan fingerprint density at radius 1 is 1.00 bits per heavy atom. The molecule has 0 aliphatic rings. The number of carbonyl (C=O) groups is 1. The molecule has 1 aromatic heterocycles. The highest BCUT2D eigenvalue weighted by Crippen LogP contribution is 2.21. The summed E-state index contributed by atoms with van der Waals surface area (Å²) in [6, 6.07) is 16.6. The standard InChI is InChI=1S/C22H23N3O3/c1-4-17-8-5-6-11-20(17)27-14-21(26)28-19-10-7-9-18(13-19)25-22-23-15(2)12-16(3)24-22/h5-13H,4,14H2,1-3H3,(H,23,24,25). The van der Waals surface area contributed by atoms with Gasteiger partial charge in [0.05, 0.1) is 0 Å². The minimum absolute atomic E-state index is 0.158. The van der Waals surface area contributed by atoms with Crippen LogP contribution in [0.5, 0.6) is 11.5 Å². The van der Waals surface area contributed by atoms with Gasteiger partial charge >= 0.3 is 5.97 Å². The highest BCUT2D eigenvalue weighted by molar-refractivity contribution is 5.74. The summed E-state index contributed by atoms with van der Waals surface area (Å²) in [5.41, 5.74) is 3.53. The van der Waals surface area contributed by atoms with Crippen LogP contribution in [0.2, 0.25) is 0 Å². The Morgan fingerprint density at radius 3 is 2.50 bits per heavy atom. The molecule has 3 rings (SSSR count). The maximum atomic E-state index is 12.2. The van der Waals surface area contributed by atoms with Gasteiger partial charge in [0.25, 0.3) is 0 Å². The summed E-state index contributed by atoms with van der Waals surface area (Å²) in [6.45, 7) is 5.71. The number of nitrogens with zero attached hydrogens (tertiary/aromatic N) is 2. The summed E-state index contributed by atoms with van der Waals surface area (Å²) in [4.78, 5) is 20.9. The van der Waals surface area contributed by atoms with Crippen LogP contribution in [0.1, 0.15) is 23.9 Å². The fourth-order valence-electron chi connectivity index (χ4n) is 2.78. The van der Waals surface area contributed by atoms with Crippen molar-refractivity contribution >= 4 is 17.6 Å². The minimum Gasteiger partial charge on any atom is -0.482 e. The molecule has 1 heterocycles. The molecule has 0 saturated carbocycles. The topological polar surface area (TPSA) is 73.3 Å². The summed E-state index contributed by atoms with van der Waals surface area (Å²) < 4.78 is 11.0. The van der Waals surface area contributed by atoms with Crippen LogP contribution in [-0.2, 0) is 11.2 Å². The molecular formula is C22H23N3O3. The molecule has 144 valence electrons. The van der Waals surface area contributed by atoms with Crippen molar-refractivity contribution in [2.45, 2.75) is 27.2 Å². The summed E-state index contributed by atoms with van der Waals surface area (Å²) in [6.07, 6.45) is 0.833. The van der Waals surface area contributed by atoms with Gasteiger partial charge in [-0.2, -0.15) is 0 Å². The molecule has 6 nitrogen and oxygen atoms in total. The molecule has 6 heteroatoms. The van der Waals surface area contributed by atoms with E-state index in [0.717, 1.165) is 29.1 Å². The second kappa shape index (κ2) is 8.99. The monoisotopic (exact) mass is 377 g/mol. The van der Waals surface area contributed by atoms with E-state index in [-0.39, 0.29) is 6.61 Å². The molecule has 0 bridgehead atoms. The Bertz CT molecular complexity index is 952. The number of benzene rings is 2. The number of anilines is 2. The van der Waals surface area contributed by atoms with Crippen molar-refractivity contribution in [2.24, 2.45) is 0 Å². The molecule has 28 heavy (non-hydrogen) atoms. The molecule has 0 radical (unpaired) electrons. The van der Waals surface area contributed by atoms with E-state index in [1.807, 2.05) is 57.2 Å². The first-order valence-corrected chi connectivity index (χ1v) is 9.14. The molecule has 0 aliphatic carbocycles. The molecule has 0 spiro atoms. The first kappa shape index (κ1) is 19.4. The average molecular weight is 377 g/mol. The third-order valence-electron chi connectivity index (χ3n) is 4.00. The molecule has 0 unspecified atom stereocenters. The second-order valence-corrected chi connectivity index (χ2v) is 6.35. The van der Waals surface area contributed by atoms with Crippen molar-refractivity contribution in [3.05, 3.63) is 71.5 Å². The van der Waals surface area contributed by atoms with E-state index in [9.17, 15) is 4.79 Å². The Hall–Kier alpha value is -3.41. The van der Waals surface area contributed by atoms with Crippen LogP contribution in [-0.4, -0.2) is 22.5 Å². The van der Waals surface area contributed by atoms with Crippen LogP contribution in [0.25, 0.3) is 0 Å². The van der Waals surface area contributed by atoms with Gasteiger partial charge in [0.15, 0.2) is 6.61 Å². The Kier molecular flexibility index (Phi) is 6.22. The summed E-state index contributed by atoms with van der Waals surface area (Å²) in [7, 11) is 0. The quantitative estimate of drug-likeness (QED) is 0.486.